The van der Waals surface area contributed by atoms with Gasteiger partial charge >= 0.3 is 0 Å². The highest BCUT2D eigenvalue weighted by molar-refractivity contribution is 7.86. The van der Waals surface area contributed by atoms with Crippen molar-refractivity contribution in [3.63, 3.8) is 0 Å². The number of aryl methyl sites for hydroxylation is 2. The molecule has 5 aromatic carbocycles. The van der Waals surface area contributed by atoms with Crippen LogP contribution in [0.5, 0.6) is 0 Å². The van der Waals surface area contributed by atoms with E-state index in [9.17, 15) is 25.9 Å². The van der Waals surface area contributed by atoms with Gasteiger partial charge in [0.15, 0.2) is 0 Å². The lowest BCUT2D eigenvalue weighted by Gasteiger charge is -2.08. The zero-order chi connectivity index (χ0) is 29.5. The fourth-order valence-corrected chi connectivity index (χ4v) is 5.24. The van der Waals surface area contributed by atoms with Crippen molar-refractivity contribution in [2.24, 2.45) is 20.5 Å². The SMILES string of the molecule is Cc1cc(/N=N/c2ccc(/N=N/c3ccc4cc(S(=O)(=O)O)ccc4c3)c3ccc(S(=O)(=O)O)cc23)c(C)cc1N. The maximum Gasteiger partial charge on any atom is 0.294 e. The van der Waals surface area contributed by atoms with Gasteiger partial charge in [0.25, 0.3) is 20.2 Å². The van der Waals surface area contributed by atoms with Gasteiger partial charge in [-0.25, -0.2) is 0 Å². The highest BCUT2D eigenvalue weighted by Gasteiger charge is 2.14. The number of azo groups is 2. The van der Waals surface area contributed by atoms with Gasteiger partial charge in [-0.05, 0) is 96.4 Å². The number of nitrogens with zero attached hydrogens (tertiary/aromatic N) is 4. The fraction of sp³-hybridized carbons (Fsp3) is 0.0714. The van der Waals surface area contributed by atoms with Crippen LogP contribution in [0.3, 0.4) is 0 Å². The average molecular weight is 590 g/mol. The molecular weight excluding hydrogens is 566 g/mol. The monoisotopic (exact) mass is 589 g/mol. The summed E-state index contributed by atoms with van der Waals surface area (Å²) in [5.74, 6) is 0. The molecule has 0 bridgehead atoms. The van der Waals surface area contributed by atoms with Gasteiger partial charge in [-0.3, -0.25) is 9.11 Å². The molecule has 41 heavy (non-hydrogen) atoms. The topological polar surface area (TPSA) is 184 Å². The average Bonchev–Trinajstić information content (AvgIpc) is 2.91. The van der Waals surface area contributed by atoms with Crippen molar-refractivity contribution in [2.45, 2.75) is 23.6 Å². The quantitative estimate of drug-likeness (QED) is 0.104. The molecule has 0 aliphatic carbocycles. The van der Waals surface area contributed by atoms with E-state index in [2.05, 4.69) is 20.5 Å². The van der Waals surface area contributed by atoms with E-state index in [-0.39, 0.29) is 9.79 Å². The van der Waals surface area contributed by atoms with Gasteiger partial charge in [0.05, 0.1) is 32.5 Å². The van der Waals surface area contributed by atoms with E-state index in [1.165, 1.54) is 30.3 Å². The summed E-state index contributed by atoms with van der Waals surface area (Å²) in [4.78, 5) is -0.525. The van der Waals surface area contributed by atoms with E-state index in [0.29, 0.717) is 50.0 Å². The third-order valence-corrected chi connectivity index (χ3v) is 8.16. The van der Waals surface area contributed by atoms with Crippen LogP contribution < -0.4 is 5.73 Å². The van der Waals surface area contributed by atoms with Crippen LogP contribution in [-0.2, 0) is 20.2 Å². The molecule has 0 saturated heterocycles. The summed E-state index contributed by atoms with van der Waals surface area (Å²) in [5.41, 5.74) is 10.1. The Morgan fingerprint density at radius 3 is 1.83 bits per heavy atom. The Labute approximate surface area is 235 Å². The summed E-state index contributed by atoms with van der Waals surface area (Å²) >= 11 is 0. The van der Waals surface area contributed by atoms with Crippen molar-refractivity contribution in [3.05, 3.63) is 90.0 Å². The van der Waals surface area contributed by atoms with Crippen molar-refractivity contribution in [1.82, 2.24) is 0 Å². The molecule has 4 N–H and O–H groups in total. The predicted octanol–water partition coefficient (Wildman–Crippen LogP) is 7.52. The molecule has 0 saturated carbocycles. The first kappa shape index (κ1) is 28.0. The Hall–Kier alpha value is -4.56. The normalized spacial score (nSPS) is 12.7. The van der Waals surface area contributed by atoms with Crippen LogP contribution in [0, 0.1) is 13.8 Å². The lowest BCUT2D eigenvalue weighted by atomic mass is 10.1. The number of rotatable bonds is 6. The minimum Gasteiger partial charge on any atom is -0.399 e. The van der Waals surface area contributed by atoms with Crippen molar-refractivity contribution in [2.75, 3.05) is 5.73 Å². The number of hydrogen-bond acceptors (Lipinski definition) is 9. The van der Waals surface area contributed by atoms with Gasteiger partial charge in [0.1, 0.15) is 0 Å². The van der Waals surface area contributed by atoms with Crippen LogP contribution >= 0.6 is 0 Å². The van der Waals surface area contributed by atoms with E-state index < -0.39 is 20.2 Å². The molecule has 0 aliphatic rings. The lowest BCUT2D eigenvalue weighted by Crippen LogP contribution is -1.97. The molecule has 5 rings (SSSR count). The fourth-order valence-electron chi connectivity index (χ4n) is 4.22. The van der Waals surface area contributed by atoms with Crippen LogP contribution in [-0.4, -0.2) is 25.9 Å². The first-order chi connectivity index (χ1) is 19.3. The molecule has 0 spiro atoms. The molecule has 0 unspecified atom stereocenters. The van der Waals surface area contributed by atoms with Crippen molar-refractivity contribution < 1.29 is 25.9 Å². The maximum atomic E-state index is 11.9. The molecule has 0 atom stereocenters. The third-order valence-electron chi connectivity index (χ3n) is 6.46. The number of hydrogen-bond donors (Lipinski definition) is 3. The summed E-state index contributed by atoms with van der Waals surface area (Å²) in [6.45, 7) is 3.70. The highest BCUT2D eigenvalue weighted by Crippen LogP contribution is 2.37. The van der Waals surface area contributed by atoms with E-state index in [4.69, 9.17) is 5.73 Å². The van der Waals surface area contributed by atoms with Crippen LogP contribution in [0.15, 0.2) is 109 Å². The molecule has 11 nitrogen and oxygen atoms in total. The predicted molar refractivity (Wildman–Crippen MR) is 156 cm³/mol. The van der Waals surface area contributed by atoms with Gasteiger partial charge in [-0.15, -0.1) is 10.2 Å². The molecule has 0 aliphatic heterocycles. The number of fused-ring (bicyclic) bond motifs is 2. The zero-order valence-electron chi connectivity index (χ0n) is 21.7. The first-order valence-corrected chi connectivity index (χ1v) is 14.9. The third kappa shape index (κ3) is 5.98. The molecule has 208 valence electrons. The minimum absolute atomic E-state index is 0.214. The Morgan fingerprint density at radius 2 is 1.12 bits per heavy atom. The second kappa shape index (κ2) is 10.4. The molecular formula is C28H23N5O6S2. The summed E-state index contributed by atoms with van der Waals surface area (Å²) in [6.07, 6.45) is 0. The van der Waals surface area contributed by atoms with E-state index in [0.717, 1.165) is 11.1 Å². The molecule has 5 aromatic rings. The summed E-state index contributed by atoms with van der Waals surface area (Å²) < 4.78 is 65.5. The molecule has 0 radical (unpaired) electrons. The Morgan fingerprint density at radius 1 is 0.561 bits per heavy atom. The molecule has 0 fully saturated rings. The number of nitrogens with two attached hydrogens (primary N) is 1. The second-order valence-corrected chi connectivity index (χ2v) is 12.2. The van der Waals surface area contributed by atoms with Crippen molar-refractivity contribution >= 4 is 70.2 Å². The van der Waals surface area contributed by atoms with Crippen molar-refractivity contribution in [3.8, 4) is 0 Å². The van der Waals surface area contributed by atoms with E-state index >= 15 is 0 Å². The molecule has 0 amide bonds. The molecule has 0 heterocycles. The maximum absolute atomic E-state index is 11.9. The Kier molecular flexibility index (Phi) is 7.13. The second-order valence-electron chi connectivity index (χ2n) is 9.35. The largest absolute Gasteiger partial charge is 0.399 e. The molecule has 0 aromatic heterocycles. The first-order valence-electron chi connectivity index (χ1n) is 12.1. The van der Waals surface area contributed by atoms with Crippen molar-refractivity contribution in [1.29, 1.82) is 0 Å². The van der Waals surface area contributed by atoms with Crippen LogP contribution in [0.1, 0.15) is 11.1 Å². The van der Waals surface area contributed by atoms with Gasteiger partial charge in [-0.1, -0.05) is 18.2 Å². The van der Waals surface area contributed by atoms with Gasteiger partial charge in [-0.2, -0.15) is 27.1 Å². The van der Waals surface area contributed by atoms with Crippen LogP contribution in [0.2, 0.25) is 0 Å². The minimum atomic E-state index is -4.49. The zero-order valence-corrected chi connectivity index (χ0v) is 23.3. The highest BCUT2D eigenvalue weighted by atomic mass is 32.2. The van der Waals surface area contributed by atoms with E-state index in [1.807, 2.05) is 13.8 Å². The van der Waals surface area contributed by atoms with Crippen LogP contribution in [0.4, 0.5) is 28.4 Å². The standard InChI is InChI=1S/C28H23N5O6S2/c1-16-12-28(17(2)11-25(16)29)33-32-27-10-9-26(23-8-7-22(15-24(23)27)41(37,38)39)31-30-20-5-3-19-14-21(40(34,35)36)6-4-18(19)13-20/h3-15H,29H2,1-2H3,(H,34,35,36)(H,37,38,39)/b31-30+,33-32+. The summed E-state index contributed by atoms with van der Waals surface area (Å²) in [6, 6.07) is 20.1. The van der Waals surface area contributed by atoms with E-state index in [1.54, 1.807) is 48.5 Å². The van der Waals surface area contributed by atoms with Crippen LogP contribution in [0.25, 0.3) is 21.5 Å². The van der Waals surface area contributed by atoms with Gasteiger partial charge in [0, 0.05) is 16.5 Å². The number of nitrogen functional groups attached to an aromatic ring is 1. The Balaban J connectivity index is 1.56. The molecule has 13 heteroatoms. The summed E-state index contributed by atoms with van der Waals surface area (Å²) in [5, 5.41) is 19.5. The summed E-state index contributed by atoms with van der Waals surface area (Å²) in [7, 11) is -8.82. The lowest BCUT2D eigenvalue weighted by molar-refractivity contribution is 0.481. The Bertz CT molecular complexity index is 2140. The number of anilines is 1. The smallest absolute Gasteiger partial charge is 0.294 e. The number of benzene rings is 5. The van der Waals surface area contributed by atoms with Gasteiger partial charge < -0.3 is 5.73 Å². The van der Waals surface area contributed by atoms with Gasteiger partial charge in [0.2, 0.25) is 0 Å².